The predicted octanol–water partition coefficient (Wildman–Crippen LogP) is 11.1. The number of benzene rings is 2. The highest BCUT2D eigenvalue weighted by atomic mass is 19.4. The molecule has 0 bridgehead atoms. The topological polar surface area (TPSA) is 78.4 Å². The van der Waals surface area contributed by atoms with Gasteiger partial charge in [0.15, 0.2) is 5.82 Å². The maximum absolute atomic E-state index is 13.7. The molecule has 9 heteroatoms. The lowest BCUT2D eigenvalue weighted by Crippen LogP contribution is -2.35. The molecule has 0 amide bonds. The molecule has 0 radical (unpaired) electrons. The van der Waals surface area contributed by atoms with Gasteiger partial charge in [0.2, 0.25) is 6.10 Å². The second-order valence-electron chi connectivity index (χ2n) is 12.4. The zero-order valence-electron chi connectivity index (χ0n) is 28.5. The number of unbranched alkanes of at least 4 members (excludes halogenated alkanes) is 12. The number of alkyl halides is 3. The van der Waals surface area contributed by atoms with Crippen molar-refractivity contribution < 1.29 is 32.2 Å². The number of ether oxygens (including phenoxy) is 2. The molecule has 6 nitrogen and oxygen atoms in total. The number of rotatable bonds is 23. The highest BCUT2D eigenvalue weighted by molar-refractivity contribution is 5.90. The molecule has 0 saturated heterocycles. The SMILES string of the molecule is CCCCCCCCCCC(=O)CC(OC(=O)c1ccc(-c2ncc(-c3ccc(OCCCCCCCC)cc3)cn2)cc1)C(F)(F)F. The van der Waals surface area contributed by atoms with E-state index in [1.807, 2.05) is 24.3 Å². The molecule has 262 valence electrons. The molecule has 0 saturated carbocycles. The van der Waals surface area contributed by atoms with Crippen LogP contribution in [-0.4, -0.2) is 40.6 Å². The maximum atomic E-state index is 13.7. The van der Waals surface area contributed by atoms with Gasteiger partial charge in [-0.05, 0) is 42.7 Å². The monoisotopic (exact) mass is 668 g/mol. The van der Waals surface area contributed by atoms with Gasteiger partial charge in [-0.2, -0.15) is 13.2 Å². The summed E-state index contributed by atoms with van der Waals surface area (Å²) >= 11 is 0. The Morgan fingerprint density at radius 2 is 1.19 bits per heavy atom. The van der Waals surface area contributed by atoms with Crippen LogP contribution in [0.2, 0.25) is 0 Å². The van der Waals surface area contributed by atoms with E-state index in [0.29, 0.717) is 24.4 Å². The molecule has 1 atom stereocenters. The van der Waals surface area contributed by atoms with Gasteiger partial charge in [0.05, 0.1) is 18.6 Å². The van der Waals surface area contributed by atoms with Crippen molar-refractivity contribution in [3.8, 4) is 28.3 Å². The molecule has 3 aromatic rings. The largest absolute Gasteiger partial charge is 0.494 e. The summed E-state index contributed by atoms with van der Waals surface area (Å²) in [4.78, 5) is 33.8. The smallest absolute Gasteiger partial charge is 0.425 e. The van der Waals surface area contributed by atoms with Crippen molar-refractivity contribution in [1.82, 2.24) is 9.97 Å². The van der Waals surface area contributed by atoms with Gasteiger partial charge in [-0.25, -0.2) is 14.8 Å². The molecule has 2 aromatic carbocycles. The van der Waals surface area contributed by atoms with Gasteiger partial charge in [-0.1, -0.05) is 115 Å². The third-order valence-corrected chi connectivity index (χ3v) is 8.32. The summed E-state index contributed by atoms with van der Waals surface area (Å²) in [5, 5.41) is 0. The van der Waals surface area contributed by atoms with E-state index in [9.17, 15) is 22.8 Å². The molecule has 0 fully saturated rings. The minimum Gasteiger partial charge on any atom is -0.494 e. The molecule has 48 heavy (non-hydrogen) atoms. The lowest BCUT2D eigenvalue weighted by molar-refractivity contribution is -0.206. The Balaban J connectivity index is 1.47. The molecule has 0 N–H and O–H groups in total. The third-order valence-electron chi connectivity index (χ3n) is 8.32. The summed E-state index contributed by atoms with van der Waals surface area (Å²) in [5.41, 5.74) is 2.28. The van der Waals surface area contributed by atoms with Crippen molar-refractivity contribution in [2.45, 2.75) is 129 Å². The van der Waals surface area contributed by atoms with E-state index < -0.39 is 30.5 Å². The highest BCUT2D eigenvalue weighted by Crippen LogP contribution is 2.28. The van der Waals surface area contributed by atoms with Crippen molar-refractivity contribution in [2.24, 2.45) is 0 Å². The molecule has 3 rings (SSSR count). The van der Waals surface area contributed by atoms with Crippen LogP contribution in [0.15, 0.2) is 60.9 Å². The van der Waals surface area contributed by atoms with E-state index in [0.717, 1.165) is 49.0 Å². The summed E-state index contributed by atoms with van der Waals surface area (Å²) in [6, 6.07) is 13.6. The standard InChI is InChI=1S/C39H51F3N2O4/c1-3-5-7-9-11-12-13-15-17-34(45)27-36(39(40,41)42)48-38(46)32-20-18-31(19-21-32)37-43-28-33(29-44-37)30-22-24-35(25-23-30)47-26-16-14-10-8-6-4-2/h18-25,28-29,36H,3-17,26-27H2,1-2H3. The van der Waals surface area contributed by atoms with Gasteiger partial charge in [-0.3, -0.25) is 4.79 Å². The van der Waals surface area contributed by atoms with Gasteiger partial charge in [0.25, 0.3) is 0 Å². The van der Waals surface area contributed by atoms with Crippen LogP contribution in [0.25, 0.3) is 22.5 Å². The molecular weight excluding hydrogens is 617 g/mol. The molecule has 0 aliphatic rings. The third kappa shape index (κ3) is 14.2. The van der Waals surface area contributed by atoms with Crippen molar-refractivity contribution in [2.75, 3.05) is 6.61 Å². The Labute approximate surface area is 283 Å². The average Bonchev–Trinajstić information content (AvgIpc) is 3.09. The van der Waals surface area contributed by atoms with Crippen LogP contribution in [0.5, 0.6) is 5.75 Å². The first-order chi connectivity index (χ1) is 23.2. The summed E-state index contributed by atoms with van der Waals surface area (Å²) in [6.45, 7) is 5.06. The molecule has 1 aromatic heterocycles. The quantitative estimate of drug-likeness (QED) is 0.0739. The lowest BCUT2D eigenvalue weighted by Gasteiger charge is -2.20. The van der Waals surface area contributed by atoms with Gasteiger partial charge in [0.1, 0.15) is 11.5 Å². The van der Waals surface area contributed by atoms with E-state index in [1.165, 1.54) is 63.5 Å². The fourth-order valence-corrected chi connectivity index (χ4v) is 5.38. The first-order valence-electron chi connectivity index (χ1n) is 17.7. The normalized spacial score (nSPS) is 12.1. The number of Topliss-reactive ketones (excluding diaryl/α,β-unsaturated/α-hetero) is 1. The number of ketones is 1. The number of carbonyl (C=O) groups is 2. The first kappa shape index (κ1) is 38.7. The summed E-state index contributed by atoms with van der Waals surface area (Å²) in [7, 11) is 0. The zero-order chi connectivity index (χ0) is 34.6. The van der Waals surface area contributed by atoms with E-state index in [4.69, 9.17) is 9.47 Å². The Hall–Kier alpha value is -3.75. The Bertz CT molecular complexity index is 1340. The summed E-state index contributed by atoms with van der Waals surface area (Å²) in [6.07, 6.45) is 10.5. The number of hydrogen-bond acceptors (Lipinski definition) is 6. The zero-order valence-corrected chi connectivity index (χ0v) is 28.5. The minimum absolute atomic E-state index is 0.0472. The van der Waals surface area contributed by atoms with Crippen molar-refractivity contribution in [1.29, 1.82) is 0 Å². The first-order valence-corrected chi connectivity index (χ1v) is 17.7. The van der Waals surface area contributed by atoms with Gasteiger partial charge in [-0.15, -0.1) is 0 Å². The van der Waals surface area contributed by atoms with Crippen LogP contribution in [0.4, 0.5) is 13.2 Å². The second-order valence-corrected chi connectivity index (χ2v) is 12.4. The summed E-state index contributed by atoms with van der Waals surface area (Å²) < 4.78 is 51.6. The second kappa shape index (κ2) is 21.3. The fourth-order valence-electron chi connectivity index (χ4n) is 5.38. The fraction of sp³-hybridized carbons (Fsp3) is 0.538. The molecule has 1 heterocycles. The number of aromatic nitrogens is 2. The van der Waals surface area contributed by atoms with Crippen LogP contribution in [0, 0.1) is 0 Å². The molecule has 1 unspecified atom stereocenters. The lowest BCUT2D eigenvalue weighted by atomic mass is 10.0. The highest BCUT2D eigenvalue weighted by Gasteiger charge is 2.44. The van der Waals surface area contributed by atoms with Crippen molar-refractivity contribution >= 4 is 11.8 Å². The van der Waals surface area contributed by atoms with Gasteiger partial charge in [0, 0.05) is 29.9 Å². The van der Waals surface area contributed by atoms with Gasteiger partial charge < -0.3 is 9.47 Å². The van der Waals surface area contributed by atoms with Crippen LogP contribution in [-0.2, 0) is 9.53 Å². The minimum atomic E-state index is -4.85. The molecule has 0 aliphatic carbocycles. The molecular formula is C39H51F3N2O4. The average molecular weight is 669 g/mol. The number of hydrogen-bond donors (Lipinski definition) is 0. The van der Waals surface area contributed by atoms with E-state index >= 15 is 0 Å². The van der Waals surface area contributed by atoms with Crippen LogP contribution >= 0.6 is 0 Å². The van der Waals surface area contributed by atoms with Crippen LogP contribution in [0.1, 0.15) is 127 Å². The number of esters is 1. The molecule has 0 spiro atoms. The van der Waals surface area contributed by atoms with Crippen molar-refractivity contribution in [3.63, 3.8) is 0 Å². The maximum Gasteiger partial charge on any atom is 0.425 e. The van der Waals surface area contributed by atoms with E-state index in [-0.39, 0.29) is 12.0 Å². The Kier molecular flexibility index (Phi) is 17.1. The Morgan fingerprint density at radius 3 is 1.75 bits per heavy atom. The van der Waals surface area contributed by atoms with Gasteiger partial charge >= 0.3 is 12.1 Å². The van der Waals surface area contributed by atoms with E-state index in [2.05, 4.69) is 23.8 Å². The molecule has 0 aliphatic heterocycles. The van der Waals surface area contributed by atoms with Crippen molar-refractivity contribution in [3.05, 3.63) is 66.5 Å². The van der Waals surface area contributed by atoms with E-state index in [1.54, 1.807) is 24.5 Å². The number of nitrogens with zero attached hydrogens (tertiary/aromatic N) is 2. The Morgan fingerprint density at radius 1 is 0.667 bits per heavy atom. The predicted molar refractivity (Wildman–Crippen MR) is 184 cm³/mol. The van der Waals surface area contributed by atoms with Crippen LogP contribution in [0.3, 0.4) is 0 Å². The number of halogens is 3. The van der Waals surface area contributed by atoms with Crippen LogP contribution < -0.4 is 4.74 Å². The number of carbonyl (C=O) groups excluding carboxylic acids is 2. The summed E-state index contributed by atoms with van der Waals surface area (Å²) in [5.74, 6) is -0.480.